The third-order valence-electron chi connectivity index (χ3n) is 11.0. The molecule has 0 unspecified atom stereocenters. The number of amides is 1. The van der Waals surface area contributed by atoms with E-state index in [9.17, 15) is 35.1 Å². The number of aliphatic hydroxyl groups excluding tert-OH is 4. The normalized spacial score (nSPS) is 32.0. The van der Waals surface area contributed by atoms with Crippen molar-refractivity contribution in [3.05, 3.63) is 36.5 Å². The lowest BCUT2D eigenvalue weighted by molar-refractivity contribution is -0.339. The van der Waals surface area contributed by atoms with E-state index in [0.29, 0.717) is 25.8 Å². The average molecular weight is 800 g/mol. The number of aliphatic hydroxyl groups is 4. The number of nitrogens with one attached hydrogen (secondary N) is 2. The molecule has 11 N–H and O–H groups in total. The Morgan fingerprint density at radius 3 is 2.39 bits per heavy atom. The molecule has 3 fully saturated rings. The highest BCUT2D eigenvalue weighted by Gasteiger charge is 2.58. The molecule has 3 heterocycles. The summed E-state index contributed by atoms with van der Waals surface area (Å²) in [4.78, 5) is 28.8. The monoisotopic (exact) mass is 799 g/mol. The summed E-state index contributed by atoms with van der Waals surface area (Å²) < 4.78 is 35.6. The second-order valence-corrected chi connectivity index (χ2v) is 15.3. The van der Waals surface area contributed by atoms with Crippen molar-refractivity contribution >= 4 is 17.8 Å². The SMILES string of the molecule is C=C1C[C@](OC)([C@H](O)C(=O)N[C@H]2OCO[C@H]3[C@@H]2O[C@H]([C@H](O)CCC[C@@H](O)[C@H](O)/C=C/C=C/CN[C@@H](CCCN=C(N)N)C(=O)O)C(C)(C)[C@@H]3OC)O[C@H](C)[C@@H]1C. The predicted octanol–water partition coefficient (Wildman–Crippen LogP) is -0.223. The fourth-order valence-corrected chi connectivity index (χ4v) is 7.46. The molecule has 18 heteroatoms. The Morgan fingerprint density at radius 2 is 1.77 bits per heavy atom. The number of fused-ring (bicyclic) bond motifs is 1. The van der Waals surface area contributed by atoms with Crippen LogP contribution in [0.25, 0.3) is 0 Å². The molecular weight excluding hydrogens is 734 g/mol. The summed E-state index contributed by atoms with van der Waals surface area (Å²) in [7, 11) is 2.88. The summed E-state index contributed by atoms with van der Waals surface area (Å²) in [5.41, 5.74) is 10.6. The second-order valence-electron chi connectivity index (χ2n) is 15.3. The third kappa shape index (κ3) is 12.3. The fraction of sp³-hybridized carbons (Fsp3) is 0.763. The number of guanidine groups is 1. The van der Waals surface area contributed by atoms with Gasteiger partial charge in [0, 0.05) is 45.1 Å². The summed E-state index contributed by atoms with van der Waals surface area (Å²) in [6, 6.07) is -0.780. The fourth-order valence-electron chi connectivity index (χ4n) is 7.46. The molecule has 3 aliphatic rings. The molecule has 0 bridgehead atoms. The van der Waals surface area contributed by atoms with Crippen molar-refractivity contribution in [2.75, 3.05) is 34.1 Å². The Hall–Kier alpha value is -3.01. The van der Waals surface area contributed by atoms with Gasteiger partial charge in [0.15, 0.2) is 18.3 Å². The maximum absolute atomic E-state index is 13.5. The summed E-state index contributed by atoms with van der Waals surface area (Å²) in [5, 5.41) is 58.8. The summed E-state index contributed by atoms with van der Waals surface area (Å²) in [6.45, 7) is 12.0. The van der Waals surface area contributed by atoms with Crippen molar-refractivity contribution < 1.29 is 63.5 Å². The van der Waals surface area contributed by atoms with Crippen molar-refractivity contribution in [1.82, 2.24) is 10.6 Å². The van der Waals surface area contributed by atoms with Gasteiger partial charge in [-0.2, -0.15) is 0 Å². The van der Waals surface area contributed by atoms with Gasteiger partial charge in [-0.3, -0.25) is 14.6 Å². The van der Waals surface area contributed by atoms with Crippen LogP contribution < -0.4 is 22.1 Å². The highest BCUT2D eigenvalue weighted by atomic mass is 16.7. The number of allylic oxidation sites excluding steroid dienone is 2. The van der Waals surface area contributed by atoms with Crippen LogP contribution in [0, 0.1) is 11.3 Å². The molecule has 3 rings (SSSR count). The van der Waals surface area contributed by atoms with Crippen LogP contribution in [0.15, 0.2) is 41.4 Å². The zero-order valence-electron chi connectivity index (χ0n) is 33.4. The van der Waals surface area contributed by atoms with Crippen LogP contribution in [0.2, 0.25) is 0 Å². The Kier molecular flexibility index (Phi) is 18.3. The molecule has 1 amide bonds. The van der Waals surface area contributed by atoms with Crippen molar-refractivity contribution in [1.29, 1.82) is 0 Å². The molecule has 0 aromatic rings. The van der Waals surface area contributed by atoms with Gasteiger partial charge in [0.05, 0.1) is 36.6 Å². The minimum atomic E-state index is -1.75. The Labute approximate surface area is 329 Å². The smallest absolute Gasteiger partial charge is 0.320 e. The highest BCUT2D eigenvalue weighted by Crippen LogP contribution is 2.44. The first kappa shape index (κ1) is 47.4. The van der Waals surface area contributed by atoms with Gasteiger partial charge >= 0.3 is 5.97 Å². The van der Waals surface area contributed by atoms with Gasteiger partial charge in [-0.15, -0.1) is 0 Å². The number of ether oxygens (including phenoxy) is 6. The van der Waals surface area contributed by atoms with Gasteiger partial charge in [0.25, 0.3) is 5.91 Å². The number of carboxylic acids is 1. The van der Waals surface area contributed by atoms with E-state index in [1.54, 1.807) is 18.2 Å². The van der Waals surface area contributed by atoms with E-state index < -0.39 is 84.2 Å². The van der Waals surface area contributed by atoms with Crippen molar-refractivity contribution in [3.8, 4) is 0 Å². The molecule has 0 aliphatic carbocycles. The lowest BCUT2D eigenvalue weighted by atomic mass is 9.71. The Balaban J connectivity index is 1.55. The minimum Gasteiger partial charge on any atom is -0.480 e. The van der Waals surface area contributed by atoms with Crippen LogP contribution in [0.1, 0.15) is 66.2 Å². The average Bonchev–Trinajstić information content (AvgIpc) is 3.14. The standard InChI is InChI=1S/C38H65N5O13/c1-21-19-38(52-7,56-23(3)22(21)2)30(47)33(48)43-34-29-28(53-20-54-34)32(51-6)37(4,5)31(55-29)27(46)16-11-15-26(45)25(44)14-9-8-10-17-41-24(35(49)50)13-12-18-42-36(39)40/h8-10,14,22-32,34,41,44-47H,1,11-13,15-20H2,2-7H3,(H,43,48)(H,49,50)(H4,39,40,42)/b10-8+,14-9+/t22-,23-,24+,25-,26-,27-,28+,29+,30-,31-,32-,34+,38-/m1/s1. The predicted molar refractivity (Wildman–Crippen MR) is 205 cm³/mol. The van der Waals surface area contributed by atoms with Crippen LogP contribution >= 0.6 is 0 Å². The van der Waals surface area contributed by atoms with Gasteiger partial charge in [-0.05, 0) is 39.0 Å². The molecule has 0 aromatic heterocycles. The topological polar surface area (TPSA) is 279 Å². The molecule has 320 valence electrons. The number of carbonyl (C=O) groups is 2. The van der Waals surface area contributed by atoms with Crippen molar-refractivity contribution in [2.24, 2.45) is 27.8 Å². The van der Waals surface area contributed by atoms with Crippen LogP contribution in [-0.2, 0) is 38.0 Å². The van der Waals surface area contributed by atoms with Crippen LogP contribution in [0.3, 0.4) is 0 Å². The highest BCUT2D eigenvalue weighted by molar-refractivity contribution is 5.82. The number of nitrogens with two attached hydrogens (primary N) is 2. The molecule has 3 aliphatic heterocycles. The number of methoxy groups -OCH3 is 2. The summed E-state index contributed by atoms with van der Waals surface area (Å²) in [6.07, 6.45) is -1.75. The van der Waals surface area contributed by atoms with E-state index in [1.807, 2.05) is 27.7 Å². The number of hydrogen-bond acceptors (Lipinski definition) is 14. The zero-order chi connectivity index (χ0) is 41.8. The summed E-state index contributed by atoms with van der Waals surface area (Å²) in [5.74, 6) is -3.52. The van der Waals surface area contributed by atoms with E-state index in [1.165, 1.54) is 20.3 Å². The molecule has 13 atom stereocenters. The van der Waals surface area contributed by atoms with Gasteiger partial charge < -0.3 is 76.1 Å². The van der Waals surface area contributed by atoms with Gasteiger partial charge in [0.2, 0.25) is 5.79 Å². The first-order chi connectivity index (χ1) is 26.4. The maximum Gasteiger partial charge on any atom is 0.320 e. The van der Waals surface area contributed by atoms with E-state index in [-0.39, 0.29) is 50.6 Å². The largest absolute Gasteiger partial charge is 0.480 e. The molecule has 56 heavy (non-hydrogen) atoms. The number of aliphatic carboxylic acids is 1. The number of aliphatic imine (C=N–C) groups is 1. The molecular formula is C38H65N5O13. The first-order valence-electron chi connectivity index (χ1n) is 19.1. The van der Waals surface area contributed by atoms with E-state index in [0.717, 1.165) is 5.57 Å². The molecule has 18 nitrogen and oxygen atoms in total. The van der Waals surface area contributed by atoms with Crippen molar-refractivity contribution in [2.45, 2.75) is 139 Å². The van der Waals surface area contributed by atoms with Gasteiger partial charge in [0.1, 0.15) is 25.0 Å². The van der Waals surface area contributed by atoms with Crippen LogP contribution in [0.5, 0.6) is 0 Å². The molecule has 0 radical (unpaired) electrons. The molecule has 0 spiro atoms. The van der Waals surface area contributed by atoms with E-state index >= 15 is 0 Å². The number of hydrogen-bond donors (Lipinski definition) is 9. The Bertz CT molecular complexity index is 1380. The Morgan fingerprint density at radius 1 is 1.05 bits per heavy atom. The maximum atomic E-state index is 13.5. The van der Waals surface area contributed by atoms with Gasteiger partial charge in [-0.25, -0.2) is 0 Å². The number of nitrogens with zero attached hydrogens (tertiary/aromatic N) is 1. The lowest BCUT2D eigenvalue weighted by Crippen LogP contribution is -2.70. The number of carbonyl (C=O) groups excluding carboxylic acids is 1. The quantitative estimate of drug-likeness (QED) is 0.0239. The third-order valence-corrected chi connectivity index (χ3v) is 11.0. The molecule has 0 saturated carbocycles. The molecule has 0 aromatic carbocycles. The van der Waals surface area contributed by atoms with Crippen LogP contribution in [-0.4, -0.2) is 150 Å². The van der Waals surface area contributed by atoms with Crippen LogP contribution in [0.4, 0.5) is 0 Å². The second kappa shape index (κ2) is 21.7. The number of rotatable bonds is 21. The minimum absolute atomic E-state index is 0.00318. The van der Waals surface area contributed by atoms with Gasteiger partial charge in [-0.1, -0.05) is 57.2 Å². The van der Waals surface area contributed by atoms with E-state index in [4.69, 9.17) is 39.9 Å². The first-order valence-corrected chi connectivity index (χ1v) is 19.1. The van der Waals surface area contributed by atoms with Crippen molar-refractivity contribution in [3.63, 3.8) is 0 Å². The lowest BCUT2D eigenvalue weighted by Gasteiger charge is -2.55. The summed E-state index contributed by atoms with van der Waals surface area (Å²) >= 11 is 0. The molecule has 3 saturated heterocycles. The zero-order valence-corrected chi connectivity index (χ0v) is 33.4. The number of carboxylic acid groups (broad SMARTS) is 1. The van der Waals surface area contributed by atoms with E-state index in [2.05, 4.69) is 22.2 Å².